The van der Waals surface area contributed by atoms with Crippen LogP contribution in [0.3, 0.4) is 0 Å². The van der Waals surface area contributed by atoms with Crippen LogP contribution >= 0.6 is 0 Å². The predicted molar refractivity (Wildman–Crippen MR) is 73.4 cm³/mol. The summed E-state index contributed by atoms with van der Waals surface area (Å²) in [4.78, 5) is 9.83. The van der Waals surface area contributed by atoms with Crippen LogP contribution in [0.4, 0.5) is 0 Å². The maximum absolute atomic E-state index is 4.52. The summed E-state index contributed by atoms with van der Waals surface area (Å²) in [5, 5.41) is 0. The Morgan fingerprint density at radius 2 is 2.22 bits per heavy atom. The van der Waals surface area contributed by atoms with Crippen molar-refractivity contribution in [3.63, 3.8) is 0 Å². The van der Waals surface area contributed by atoms with Gasteiger partial charge in [0.2, 0.25) is 0 Å². The van der Waals surface area contributed by atoms with Crippen molar-refractivity contribution in [2.45, 2.75) is 44.8 Å². The molecule has 0 aliphatic carbocycles. The highest BCUT2D eigenvalue weighted by Crippen LogP contribution is 2.30. The van der Waals surface area contributed by atoms with Crippen LogP contribution in [0.1, 0.15) is 38.4 Å². The molecule has 3 nitrogen and oxygen atoms in total. The van der Waals surface area contributed by atoms with E-state index in [1.165, 1.54) is 38.2 Å². The molecule has 0 amide bonds. The molecule has 3 atom stereocenters. The standard InChI is InChI=1S/C15H23N3/c1-12-10-17-9-5-6-14(17)11-18(12)13(2)15-7-3-4-8-16-15/h3-4,7-8,12-14H,5-6,9-11H2,1-2H3. The minimum absolute atomic E-state index is 0.434. The summed E-state index contributed by atoms with van der Waals surface area (Å²) in [7, 11) is 0. The highest BCUT2D eigenvalue weighted by atomic mass is 15.3. The highest BCUT2D eigenvalue weighted by Gasteiger charge is 2.36. The van der Waals surface area contributed by atoms with E-state index in [9.17, 15) is 0 Å². The summed E-state index contributed by atoms with van der Waals surface area (Å²) >= 11 is 0. The van der Waals surface area contributed by atoms with Crippen LogP contribution in [-0.4, -0.2) is 46.5 Å². The molecular weight excluding hydrogens is 222 g/mol. The Labute approximate surface area is 110 Å². The Bertz CT molecular complexity index is 392. The van der Waals surface area contributed by atoms with Crippen molar-refractivity contribution < 1.29 is 0 Å². The van der Waals surface area contributed by atoms with Gasteiger partial charge in [0.05, 0.1) is 5.69 Å². The zero-order valence-corrected chi connectivity index (χ0v) is 11.4. The lowest BCUT2D eigenvalue weighted by atomic mass is 10.0. The van der Waals surface area contributed by atoms with E-state index in [1.54, 1.807) is 0 Å². The molecule has 0 aromatic carbocycles. The van der Waals surface area contributed by atoms with Gasteiger partial charge in [0.15, 0.2) is 0 Å². The first-order valence-electron chi connectivity index (χ1n) is 7.16. The molecule has 0 N–H and O–H groups in total. The van der Waals surface area contributed by atoms with Gasteiger partial charge in [0, 0.05) is 37.4 Å². The number of rotatable bonds is 2. The van der Waals surface area contributed by atoms with E-state index in [0.717, 1.165) is 6.04 Å². The summed E-state index contributed by atoms with van der Waals surface area (Å²) in [5.41, 5.74) is 1.20. The number of fused-ring (bicyclic) bond motifs is 1. The lowest BCUT2D eigenvalue weighted by Crippen LogP contribution is -2.55. The second kappa shape index (κ2) is 4.98. The van der Waals surface area contributed by atoms with Crippen LogP contribution in [0, 0.1) is 0 Å². The molecule has 3 heteroatoms. The first-order chi connectivity index (χ1) is 8.75. The molecule has 0 spiro atoms. The molecular formula is C15H23N3. The Balaban J connectivity index is 1.75. The molecule has 2 aliphatic heterocycles. The fourth-order valence-corrected chi connectivity index (χ4v) is 3.54. The number of piperazine rings is 1. The third-order valence-corrected chi connectivity index (χ3v) is 4.60. The number of hydrogen-bond donors (Lipinski definition) is 0. The monoisotopic (exact) mass is 245 g/mol. The fourth-order valence-electron chi connectivity index (χ4n) is 3.54. The van der Waals surface area contributed by atoms with Crippen LogP contribution in [0.5, 0.6) is 0 Å². The summed E-state index contributed by atoms with van der Waals surface area (Å²) in [5.74, 6) is 0. The number of aromatic nitrogens is 1. The molecule has 3 rings (SSSR count). The molecule has 2 fully saturated rings. The molecule has 3 heterocycles. The van der Waals surface area contributed by atoms with Crippen molar-refractivity contribution in [1.82, 2.24) is 14.8 Å². The van der Waals surface area contributed by atoms with Crippen LogP contribution < -0.4 is 0 Å². The van der Waals surface area contributed by atoms with E-state index in [-0.39, 0.29) is 0 Å². The number of pyridine rings is 1. The molecule has 1 aromatic rings. The summed E-state index contributed by atoms with van der Waals surface area (Å²) in [6.45, 7) is 8.39. The average molecular weight is 245 g/mol. The second-order valence-electron chi connectivity index (χ2n) is 5.77. The smallest absolute Gasteiger partial charge is 0.0572 e. The highest BCUT2D eigenvalue weighted by molar-refractivity contribution is 5.09. The van der Waals surface area contributed by atoms with E-state index in [2.05, 4.69) is 40.8 Å². The molecule has 2 saturated heterocycles. The van der Waals surface area contributed by atoms with Gasteiger partial charge in [0.1, 0.15) is 0 Å². The van der Waals surface area contributed by atoms with Crippen LogP contribution in [0.15, 0.2) is 24.4 Å². The quantitative estimate of drug-likeness (QED) is 0.797. The van der Waals surface area contributed by atoms with E-state index >= 15 is 0 Å². The predicted octanol–water partition coefficient (Wildman–Crippen LogP) is 2.31. The topological polar surface area (TPSA) is 19.4 Å². The van der Waals surface area contributed by atoms with E-state index in [0.29, 0.717) is 12.1 Å². The molecule has 98 valence electrons. The molecule has 0 radical (unpaired) electrons. The zero-order valence-electron chi connectivity index (χ0n) is 11.4. The number of hydrogen-bond acceptors (Lipinski definition) is 3. The molecule has 18 heavy (non-hydrogen) atoms. The first-order valence-corrected chi connectivity index (χ1v) is 7.16. The fraction of sp³-hybridized carbons (Fsp3) is 0.667. The van der Waals surface area contributed by atoms with Crippen molar-refractivity contribution in [1.29, 1.82) is 0 Å². The summed E-state index contributed by atoms with van der Waals surface area (Å²) < 4.78 is 0. The minimum atomic E-state index is 0.434. The van der Waals surface area contributed by atoms with Gasteiger partial charge in [0.25, 0.3) is 0 Å². The molecule has 1 aromatic heterocycles. The molecule has 2 aliphatic rings. The Morgan fingerprint density at radius 3 is 3.00 bits per heavy atom. The normalized spacial score (nSPS) is 31.2. The SMILES string of the molecule is CC1CN2CCCC2CN1C(C)c1ccccn1. The van der Waals surface area contributed by atoms with Gasteiger partial charge < -0.3 is 0 Å². The number of nitrogens with zero attached hydrogens (tertiary/aromatic N) is 3. The lowest BCUT2D eigenvalue weighted by molar-refractivity contribution is 0.0314. The third-order valence-electron chi connectivity index (χ3n) is 4.60. The van der Waals surface area contributed by atoms with Crippen molar-refractivity contribution >= 4 is 0 Å². The van der Waals surface area contributed by atoms with Gasteiger partial charge in [-0.05, 0) is 45.4 Å². The molecule has 3 unspecified atom stereocenters. The van der Waals surface area contributed by atoms with Gasteiger partial charge in [-0.2, -0.15) is 0 Å². The summed E-state index contributed by atoms with van der Waals surface area (Å²) in [6, 6.07) is 8.09. The molecule has 0 bridgehead atoms. The van der Waals surface area contributed by atoms with E-state index in [4.69, 9.17) is 0 Å². The largest absolute Gasteiger partial charge is 0.298 e. The zero-order chi connectivity index (χ0) is 12.5. The molecule has 0 saturated carbocycles. The van der Waals surface area contributed by atoms with Crippen molar-refractivity contribution in [3.8, 4) is 0 Å². The minimum Gasteiger partial charge on any atom is -0.298 e. The Kier molecular flexibility index (Phi) is 3.35. The van der Waals surface area contributed by atoms with Crippen LogP contribution in [0.25, 0.3) is 0 Å². The van der Waals surface area contributed by atoms with Crippen LogP contribution in [-0.2, 0) is 0 Å². The average Bonchev–Trinajstić information content (AvgIpc) is 2.85. The van der Waals surface area contributed by atoms with Gasteiger partial charge in [-0.25, -0.2) is 0 Å². The Hall–Kier alpha value is -0.930. The van der Waals surface area contributed by atoms with Gasteiger partial charge >= 0.3 is 0 Å². The maximum atomic E-state index is 4.52. The second-order valence-corrected chi connectivity index (χ2v) is 5.77. The maximum Gasteiger partial charge on any atom is 0.0572 e. The first kappa shape index (κ1) is 12.1. The van der Waals surface area contributed by atoms with Crippen molar-refractivity contribution in [3.05, 3.63) is 30.1 Å². The van der Waals surface area contributed by atoms with Gasteiger partial charge in [-0.15, -0.1) is 0 Å². The van der Waals surface area contributed by atoms with Crippen LogP contribution in [0.2, 0.25) is 0 Å². The van der Waals surface area contributed by atoms with Gasteiger partial charge in [-0.3, -0.25) is 14.8 Å². The lowest BCUT2D eigenvalue weighted by Gasteiger charge is -2.45. The van der Waals surface area contributed by atoms with E-state index < -0.39 is 0 Å². The van der Waals surface area contributed by atoms with Crippen molar-refractivity contribution in [2.75, 3.05) is 19.6 Å². The third kappa shape index (κ3) is 2.17. The van der Waals surface area contributed by atoms with Crippen molar-refractivity contribution in [2.24, 2.45) is 0 Å². The Morgan fingerprint density at radius 1 is 1.33 bits per heavy atom. The van der Waals surface area contributed by atoms with E-state index in [1.807, 2.05) is 12.3 Å². The summed E-state index contributed by atoms with van der Waals surface area (Å²) in [6.07, 6.45) is 4.66. The van der Waals surface area contributed by atoms with Gasteiger partial charge in [-0.1, -0.05) is 6.07 Å².